The number of carbonyl (C=O) groups is 1. The molecule has 1 N–H and O–H groups in total. The van der Waals surface area contributed by atoms with E-state index in [0.717, 1.165) is 16.7 Å². The van der Waals surface area contributed by atoms with Gasteiger partial charge in [0, 0.05) is 16.9 Å². The lowest BCUT2D eigenvalue weighted by Crippen LogP contribution is -2.38. The standard InChI is InChI=1S/C22H19ClN2O3S2/c1-14-3-6-16(7-4-14)13-25-19-9-10-29-22(19)21(26)20(30(25,27)28)12-24-18-11-17(23)8-5-15(18)2/h3-12,24H,13H2,1-2H3. The van der Waals surface area contributed by atoms with Crippen molar-refractivity contribution in [1.29, 1.82) is 0 Å². The Bertz CT molecular complexity index is 1260. The molecule has 0 atom stereocenters. The van der Waals surface area contributed by atoms with Gasteiger partial charge in [-0.05, 0) is 48.6 Å². The first-order chi connectivity index (χ1) is 14.3. The highest BCUT2D eigenvalue weighted by Gasteiger charge is 2.41. The number of fused-ring (bicyclic) bond motifs is 1. The van der Waals surface area contributed by atoms with E-state index in [9.17, 15) is 13.2 Å². The van der Waals surface area contributed by atoms with Gasteiger partial charge in [0.25, 0.3) is 10.0 Å². The minimum Gasteiger partial charge on any atom is -0.360 e. The van der Waals surface area contributed by atoms with Crippen LogP contribution < -0.4 is 9.62 Å². The van der Waals surface area contributed by atoms with Gasteiger partial charge in [-0.2, -0.15) is 0 Å². The highest BCUT2D eigenvalue weighted by molar-refractivity contribution is 7.97. The monoisotopic (exact) mass is 458 g/mol. The number of Topliss-reactive ketones (excluding diaryl/α,β-unsaturated/α-hetero) is 1. The van der Waals surface area contributed by atoms with Crippen molar-refractivity contribution in [3.63, 3.8) is 0 Å². The summed E-state index contributed by atoms with van der Waals surface area (Å²) >= 11 is 7.28. The maximum atomic E-state index is 13.4. The van der Waals surface area contributed by atoms with Gasteiger partial charge in [-0.15, -0.1) is 11.3 Å². The summed E-state index contributed by atoms with van der Waals surface area (Å²) in [6.07, 6.45) is 1.27. The van der Waals surface area contributed by atoms with Gasteiger partial charge in [0.1, 0.15) is 4.88 Å². The number of nitrogens with one attached hydrogen (secondary N) is 1. The Morgan fingerprint density at radius 2 is 1.83 bits per heavy atom. The zero-order chi connectivity index (χ0) is 21.5. The number of halogens is 1. The van der Waals surface area contributed by atoms with Crippen LogP contribution in [0.4, 0.5) is 11.4 Å². The molecule has 0 amide bonds. The van der Waals surface area contributed by atoms with E-state index in [1.807, 2.05) is 44.2 Å². The molecule has 0 spiro atoms. The van der Waals surface area contributed by atoms with Crippen molar-refractivity contribution in [3.8, 4) is 0 Å². The lowest BCUT2D eigenvalue weighted by molar-refractivity contribution is 0.104. The molecular formula is C22H19ClN2O3S2. The minimum absolute atomic E-state index is 0.146. The highest BCUT2D eigenvalue weighted by Crippen LogP contribution is 2.39. The summed E-state index contributed by atoms with van der Waals surface area (Å²) in [6.45, 7) is 3.99. The van der Waals surface area contributed by atoms with Crippen LogP contribution in [0.3, 0.4) is 0 Å². The molecule has 1 aliphatic rings. The maximum Gasteiger partial charge on any atom is 0.270 e. The molecule has 0 unspecified atom stereocenters. The van der Waals surface area contributed by atoms with Crippen LogP contribution >= 0.6 is 22.9 Å². The smallest absolute Gasteiger partial charge is 0.270 e. The Morgan fingerprint density at radius 1 is 1.10 bits per heavy atom. The van der Waals surface area contributed by atoms with E-state index in [4.69, 9.17) is 11.6 Å². The van der Waals surface area contributed by atoms with E-state index in [-0.39, 0.29) is 11.4 Å². The zero-order valence-electron chi connectivity index (χ0n) is 16.3. The fraction of sp³-hybridized carbons (Fsp3) is 0.136. The van der Waals surface area contributed by atoms with Crippen molar-refractivity contribution in [2.24, 2.45) is 0 Å². The van der Waals surface area contributed by atoms with Crippen LogP contribution in [0.5, 0.6) is 0 Å². The molecule has 0 fully saturated rings. The highest BCUT2D eigenvalue weighted by atomic mass is 35.5. The van der Waals surface area contributed by atoms with Crippen LogP contribution in [-0.4, -0.2) is 14.2 Å². The molecule has 2 heterocycles. The van der Waals surface area contributed by atoms with Crippen molar-refractivity contribution in [3.05, 3.63) is 91.6 Å². The van der Waals surface area contributed by atoms with E-state index >= 15 is 0 Å². The number of allylic oxidation sites excluding steroid dienone is 1. The molecule has 0 aliphatic carbocycles. The first-order valence-electron chi connectivity index (χ1n) is 9.21. The Morgan fingerprint density at radius 3 is 2.57 bits per heavy atom. The second-order valence-electron chi connectivity index (χ2n) is 7.07. The predicted octanol–water partition coefficient (Wildman–Crippen LogP) is 5.50. The minimum atomic E-state index is -4.04. The van der Waals surface area contributed by atoms with Crippen molar-refractivity contribution in [1.82, 2.24) is 0 Å². The number of aryl methyl sites for hydroxylation is 2. The Hall–Kier alpha value is -2.61. The number of benzene rings is 2. The average Bonchev–Trinajstić information content (AvgIpc) is 3.18. The molecular weight excluding hydrogens is 440 g/mol. The average molecular weight is 459 g/mol. The van der Waals surface area contributed by atoms with E-state index < -0.39 is 15.8 Å². The number of hydrogen-bond acceptors (Lipinski definition) is 5. The molecule has 4 rings (SSSR count). The second-order valence-corrected chi connectivity index (χ2v) is 10.3. The summed E-state index contributed by atoms with van der Waals surface area (Å²) < 4.78 is 28.1. The number of rotatable bonds is 4. The number of hydrogen-bond donors (Lipinski definition) is 1. The SMILES string of the molecule is Cc1ccc(CN2c3ccsc3C(=O)C(=CNc3cc(Cl)ccc3C)S2(=O)=O)cc1. The van der Waals surface area contributed by atoms with Gasteiger partial charge in [-0.3, -0.25) is 9.10 Å². The van der Waals surface area contributed by atoms with Gasteiger partial charge in [0.05, 0.1) is 12.2 Å². The fourth-order valence-corrected chi connectivity index (χ4v) is 5.86. The van der Waals surface area contributed by atoms with Gasteiger partial charge in [-0.1, -0.05) is 47.5 Å². The maximum absolute atomic E-state index is 13.4. The van der Waals surface area contributed by atoms with Crippen LogP contribution in [-0.2, 0) is 16.6 Å². The van der Waals surface area contributed by atoms with Gasteiger partial charge in [0.15, 0.2) is 4.91 Å². The van der Waals surface area contributed by atoms with Crippen LogP contribution in [0.1, 0.15) is 26.4 Å². The number of nitrogens with zero attached hydrogens (tertiary/aromatic N) is 1. The van der Waals surface area contributed by atoms with E-state index in [1.54, 1.807) is 23.6 Å². The lowest BCUT2D eigenvalue weighted by atomic mass is 10.1. The largest absolute Gasteiger partial charge is 0.360 e. The number of sulfonamides is 1. The first-order valence-corrected chi connectivity index (χ1v) is 11.9. The van der Waals surface area contributed by atoms with Crippen molar-refractivity contribution in [2.45, 2.75) is 20.4 Å². The van der Waals surface area contributed by atoms with Crippen LogP contribution in [0.2, 0.25) is 5.02 Å². The number of carbonyl (C=O) groups excluding carboxylic acids is 1. The quantitative estimate of drug-likeness (QED) is 0.524. The van der Waals surface area contributed by atoms with Gasteiger partial charge < -0.3 is 5.32 Å². The van der Waals surface area contributed by atoms with E-state index in [2.05, 4.69) is 5.32 Å². The van der Waals surface area contributed by atoms with Crippen LogP contribution in [0.25, 0.3) is 0 Å². The van der Waals surface area contributed by atoms with Gasteiger partial charge >= 0.3 is 0 Å². The predicted molar refractivity (Wildman–Crippen MR) is 123 cm³/mol. The number of thiophene rings is 1. The van der Waals surface area contributed by atoms with Crippen molar-refractivity contribution in [2.75, 3.05) is 9.62 Å². The van der Waals surface area contributed by atoms with E-state index in [1.165, 1.54) is 21.8 Å². The molecule has 2 aromatic carbocycles. The molecule has 0 saturated heterocycles. The second kappa shape index (κ2) is 7.91. The van der Waals surface area contributed by atoms with Crippen LogP contribution in [0, 0.1) is 13.8 Å². The number of ketones is 1. The third-order valence-electron chi connectivity index (χ3n) is 4.92. The normalized spacial score (nSPS) is 16.6. The van der Waals surface area contributed by atoms with Gasteiger partial charge in [-0.25, -0.2) is 8.42 Å². The third-order valence-corrected chi connectivity index (χ3v) is 7.82. The lowest BCUT2D eigenvalue weighted by Gasteiger charge is -2.29. The third kappa shape index (κ3) is 3.76. The molecule has 154 valence electrons. The molecule has 0 bridgehead atoms. The number of anilines is 2. The topological polar surface area (TPSA) is 66.5 Å². The molecule has 8 heteroatoms. The summed E-state index contributed by atoms with van der Waals surface area (Å²) in [5.74, 6) is -0.507. The summed E-state index contributed by atoms with van der Waals surface area (Å²) in [5.41, 5.74) is 3.87. The van der Waals surface area contributed by atoms with Crippen molar-refractivity contribution >= 4 is 50.1 Å². The fourth-order valence-electron chi connectivity index (χ4n) is 3.21. The summed E-state index contributed by atoms with van der Waals surface area (Å²) in [4.78, 5) is 13.1. The summed E-state index contributed by atoms with van der Waals surface area (Å²) in [6, 6.07) is 14.6. The molecule has 1 aliphatic heterocycles. The molecule has 3 aromatic rings. The molecule has 1 aromatic heterocycles. The Labute approximate surface area is 184 Å². The molecule has 0 saturated carbocycles. The zero-order valence-corrected chi connectivity index (χ0v) is 18.7. The Balaban J connectivity index is 1.75. The van der Waals surface area contributed by atoms with Crippen molar-refractivity contribution < 1.29 is 13.2 Å². The molecule has 0 radical (unpaired) electrons. The van der Waals surface area contributed by atoms with Crippen LogP contribution in [0.15, 0.2) is 65.0 Å². The first kappa shape index (κ1) is 20.7. The Kier molecular flexibility index (Phi) is 5.44. The van der Waals surface area contributed by atoms with E-state index in [0.29, 0.717) is 21.3 Å². The van der Waals surface area contributed by atoms with Gasteiger partial charge in [0.2, 0.25) is 5.78 Å². The molecule has 5 nitrogen and oxygen atoms in total. The summed E-state index contributed by atoms with van der Waals surface area (Å²) in [5, 5.41) is 5.20. The molecule has 30 heavy (non-hydrogen) atoms. The summed E-state index contributed by atoms with van der Waals surface area (Å²) in [7, 11) is -4.04.